The van der Waals surface area contributed by atoms with Crippen LogP contribution < -0.4 is 4.74 Å². The van der Waals surface area contributed by atoms with E-state index in [0.717, 1.165) is 21.3 Å². The van der Waals surface area contributed by atoms with Crippen LogP contribution in [0.1, 0.15) is 35.6 Å². The number of Topliss-reactive ketones (excluding diaryl/α,β-unsaturated/α-hetero) is 1. The number of rotatable bonds is 8. The van der Waals surface area contributed by atoms with Gasteiger partial charge in [0.15, 0.2) is 10.1 Å². The van der Waals surface area contributed by atoms with Gasteiger partial charge in [-0.3, -0.25) is 4.79 Å². The van der Waals surface area contributed by atoms with Crippen LogP contribution in [0.5, 0.6) is 5.19 Å². The minimum Gasteiger partial charge on any atom is -0.466 e. The maximum atomic E-state index is 12.5. The molecule has 0 unspecified atom stereocenters. The van der Waals surface area contributed by atoms with Gasteiger partial charge in [-0.25, -0.2) is 0 Å². The molecule has 0 N–H and O–H groups in total. The first-order chi connectivity index (χ1) is 10.9. The summed E-state index contributed by atoms with van der Waals surface area (Å²) in [5, 5.41) is 8.55. The highest BCUT2D eigenvalue weighted by Gasteiger charge is 2.16. The van der Waals surface area contributed by atoms with Crippen LogP contribution in [0.25, 0.3) is 0 Å². The zero-order valence-electron chi connectivity index (χ0n) is 13.8. The van der Waals surface area contributed by atoms with Gasteiger partial charge in [0.05, 0.1) is 11.9 Å². The van der Waals surface area contributed by atoms with E-state index in [4.69, 9.17) is 4.74 Å². The van der Waals surface area contributed by atoms with Crippen molar-refractivity contribution in [3.05, 3.63) is 35.7 Å². The van der Waals surface area contributed by atoms with E-state index >= 15 is 0 Å². The summed E-state index contributed by atoms with van der Waals surface area (Å²) >= 11 is 2.76. The maximum absolute atomic E-state index is 12.5. The molecule has 0 radical (unpaired) electrons. The lowest BCUT2D eigenvalue weighted by Gasteiger charge is -2.05. The second kappa shape index (κ2) is 7.79. The number of aromatic nitrogens is 3. The molecule has 0 spiro atoms. The van der Waals surface area contributed by atoms with E-state index in [1.54, 1.807) is 0 Å². The van der Waals surface area contributed by atoms with E-state index in [-0.39, 0.29) is 11.9 Å². The molecule has 2 aromatic rings. The third kappa shape index (κ3) is 4.45. The summed E-state index contributed by atoms with van der Waals surface area (Å²) in [6.45, 7) is 12.3. The van der Waals surface area contributed by atoms with Crippen LogP contribution in [0.15, 0.2) is 23.1 Å². The largest absolute Gasteiger partial charge is 0.466 e. The molecule has 2 aromatic heterocycles. The van der Waals surface area contributed by atoms with Crippen LogP contribution in [0.4, 0.5) is 0 Å². The minimum atomic E-state index is 0.0673. The Balaban J connectivity index is 2.01. The number of aryl methyl sites for hydroxylation is 1. The van der Waals surface area contributed by atoms with Gasteiger partial charge >= 0.3 is 0 Å². The van der Waals surface area contributed by atoms with E-state index in [1.807, 2.05) is 39.8 Å². The second-order valence-electron chi connectivity index (χ2n) is 5.40. The summed E-state index contributed by atoms with van der Waals surface area (Å²) < 4.78 is 8.32. The van der Waals surface area contributed by atoms with Crippen LogP contribution in [-0.2, 0) is 6.54 Å². The van der Waals surface area contributed by atoms with E-state index < -0.39 is 0 Å². The van der Waals surface area contributed by atoms with Gasteiger partial charge in [-0.05, 0) is 45.1 Å². The van der Waals surface area contributed by atoms with Gasteiger partial charge in [-0.15, -0.1) is 11.7 Å². The third-order valence-electron chi connectivity index (χ3n) is 3.24. The lowest BCUT2D eigenvalue weighted by molar-refractivity contribution is 0.102. The highest BCUT2D eigenvalue weighted by molar-refractivity contribution is 8.01. The number of allylic oxidation sites excluding steroid dienone is 1. The van der Waals surface area contributed by atoms with E-state index in [2.05, 4.69) is 21.3 Å². The number of thioether (sulfide) groups is 1. The molecule has 2 heterocycles. The van der Waals surface area contributed by atoms with Crippen LogP contribution in [0.2, 0.25) is 0 Å². The summed E-state index contributed by atoms with van der Waals surface area (Å²) in [6.07, 6.45) is 1.90. The Hall–Kier alpha value is -1.60. The first kappa shape index (κ1) is 17.7. The molecule has 7 heteroatoms. The molecule has 124 valence electrons. The SMILES string of the molecule is C=CCn1c(C)cc(C(=O)CSc2nnc(OC(C)C)s2)c1C. The quantitative estimate of drug-likeness (QED) is 0.410. The predicted octanol–water partition coefficient (Wildman–Crippen LogP) is 3.90. The zero-order valence-corrected chi connectivity index (χ0v) is 15.5. The molecular weight excluding hydrogens is 330 g/mol. The fourth-order valence-electron chi connectivity index (χ4n) is 2.20. The number of carbonyl (C=O) groups is 1. The van der Waals surface area contributed by atoms with Gasteiger partial charge in [0.2, 0.25) is 0 Å². The van der Waals surface area contributed by atoms with Gasteiger partial charge in [0.1, 0.15) is 0 Å². The van der Waals surface area contributed by atoms with Gasteiger partial charge in [-0.1, -0.05) is 22.9 Å². The summed E-state index contributed by atoms with van der Waals surface area (Å²) in [5.41, 5.74) is 2.81. The Labute approximate surface area is 144 Å². The van der Waals surface area contributed by atoms with Gasteiger partial charge in [0, 0.05) is 23.5 Å². The average molecular weight is 351 g/mol. The Morgan fingerprint density at radius 2 is 2.22 bits per heavy atom. The number of hydrogen-bond acceptors (Lipinski definition) is 6. The van der Waals surface area contributed by atoms with Crippen molar-refractivity contribution in [1.29, 1.82) is 0 Å². The van der Waals surface area contributed by atoms with Gasteiger partial charge < -0.3 is 9.30 Å². The molecule has 0 aliphatic rings. The molecule has 2 rings (SSSR count). The standard InChI is InChI=1S/C16H21N3O2S2/c1-6-7-19-11(4)8-13(12(19)5)14(20)9-22-16-18-17-15(23-16)21-10(2)3/h6,8,10H,1,7,9H2,2-5H3. The molecule has 0 amide bonds. The molecule has 0 atom stereocenters. The van der Waals surface area contributed by atoms with Crippen LogP contribution in [0, 0.1) is 13.8 Å². The first-order valence-corrected chi connectivity index (χ1v) is 9.16. The van der Waals surface area contributed by atoms with E-state index in [0.29, 0.717) is 17.5 Å². The van der Waals surface area contributed by atoms with Crippen LogP contribution >= 0.6 is 23.1 Å². The highest BCUT2D eigenvalue weighted by atomic mass is 32.2. The fourth-order valence-corrected chi connectivity index (χ4v) is 3.89. The van der Waals surface area contributed by atoms with Crippen LogP contribution in [-0.4, -0.2) is 32.4 Å². The van der Waals surface area contributed by atoms with Crippen molar-refractivity contribution in [2.24, 2.45) is 0 Å². The van der Waals surface area contributed by atoms with Gasteiger partial charge in [0.25, 0.3) is 5.19 Å². The Morgan fingerprint density at radius 3 is 2.87 bits per heavy atom. The Kier molecular flexibility index (Phi) is 6.01. The van der Waals surface area contributed by atoms with Crippen molar-refractivity contribution < 1.29 is 9.53 Å². The number of hydrogen-bond donors (Lipinski definition) is 0. The molecule has 0 aliphatic carbocycles. The molecule has 5 nitrogen and oxygen atoms in total. The number of nitrogens with zero attached hydrogens (tertiary/aromatic N) is 3. The average Bonchev–Trinajstić information content (AvgIpc) is 3.03. The van der Waals surface area contributed by atoms with Crippen molar-refractivity contribution in [3.8, 4) is 5.19 Å². The normalized spacial score (nSPS) is 11.0. The summed E-state index contributed by atoms with van der Waals surface area (Å²) in [7, 11) is 0. The van der Waals surface area contributed by atoms with Crippen LogP contribution in [0.3, 0.4) is 0 Å². The van der Waals surface area contributed by atoms with Crippen molar-refractivity contribution in [3.63, 3.8) is 0 Å². The first-order valence-electron chi connectivity index (χ1n) is 7.36. The number of ether oxygens (including phenoxy) is 1. The summed E-state index contributed by atoms with van der Waals surface area (Å²) in [5.74, 6) is 0.439. The van der Waals surface area contributed by atoms with Crippen molar-refractivity contribution in [1.82, 2.24) is 14.8 Å². The summed E-state index contributed by atoms with van der Waals surface area (Å²) in [6, 6.07) is 1.94. The smallest absolute Gasteiger partial charge is 0.295 e. The van der Waals surface area contributed by atoms with Crippen molar-refractivity contribution >= 4 is 28.9 Å². The monoisotopic (exact) mass is 351 g/mol. The molecule has 23 heavy (non-hydrogen) atoms. The lowest BCUT2D eigenvalue weighted by Crippen LogP contribution is -2.06. The molecular formula is C16H21N3O2S2. The minimum absolute atomic E-state index is 0.0673. The highest BCUT2D eigenvalue weighted by Crippen LogP contribution is 2.28. The molecule has 0 saturated heterocycles. The van der Waals surface area contributed by atoms with Crippen molar-refractivity contribution in [2.75, 3.05) is 5.75 Å². The predicted molar refractivity (Wildman–Crippen MR) is 94.8 cm³/mol. The molecule has 0 fully saturated rings. The topological polar surface area (TPSA) is 57.0 Å². The second-order valence-corrected chi connectivity index (χ2v) is 7.56. The third-order valence-corrected chi connectivity index (χ3v) is 5.18. The van der Waals surface area contributed by atoms with Gasteiger partial charge in [-0.2, -0.15) is 0 Å². The molecule has 0 bridgehead atoms. The zero-order chi connectivity index (χ0) is 17.0. The van der Waals surface area contributed by atoms with Crippen molar-refractivity contribution in [2.45, 2.75) is 44.7 Å². The fraction of sp³-hybridized carbons (Fsp3) is 0.438. The Bertz CT molecular complexity index is 704. The maximum Gasteiger partial charge on any atom is 0.295 e. The number of ketones is 1. The number of carbonyl (C=O) groups excluding carboxylic acids is 1. The van der Waals surface area contributed by atoms with E-state index in [1.165, 1.54) is 23.1 Å². The molecule has 0 aromatic carbocycles. The summed E-state index contributed by atoms with van der Waals surface area (Å²) in [4.78, 5) is 12.5. The lowest BCUT2D eigenvalue weighted by atomic mass is 10.2. The molecule has 0 saturated carbocycles. The Morgan fingerprint density at radius 1 is 1.48 bits per heavy atom. The van der Waals surface area contributed by atoms with E-state index in [9.17, 15) is 4.79 Å². The molecule has 0 aliphatic heterocycles.